The van der Waals surface area contributed by atoms with Crippen molar-refractivity contribution < 1.29 is 18.1 Å². The average Bonchev–Trinajstić information content (AvgIpc) is 3.39. The summed E-state index contributed by atoms with van der Waals surface area (Å²) in [7, 11) is 0. The maximum atomic E-state index is 13.4. The summed E-state index contributed by atoms with van der Waals surface area (Å²) in [6.07, 6.45) is 5.72. The first-order valence-electron chi connectivity index (χ1n) is 9.56. The topological polar surface area (TPSA) is 110 Å². The van der Waals surface area contributed by atoms with Crippen LogP contribution in [0, 0.1) is 0 Å². The normalized spacial score (nSPS) is 16.0. The van der Waals surface area contributed by atoms with Crippen LogP contribution in [0.25, 0.3) is 28.1 Å². The van der Waals surface area contributed by atoms with E-state index in [1.54, 1.807) is 35.2 Å². The zero-order valence-electron chi connectivity index (χ0n) is 16.1. The van der Waals surface area contributed by atoms with Gasteiger partial charge in [0.25, 0.3) is 11.8 Å². The molecule has 0 saturated carbocycles. The van der Waals surface area contributed by atoms with Crippen LogP contribution in [0.5, 0.6) is 0 Å². The lowest BCUT2D eigenvalue weighted by molar-refractivity contribution is -0.0494. The van der Waals surface area contributed by atoms with E-state index in [4.69, 9.17) is 0 Å². The van der Waals surface area contributed by atoms with Crippen molar-refractivity contribution >= 4 is 16.9 Å². The smallest absolute Gasteiger partial charge is 0.338 e. The molecule has 0 aromatic carbocycles. The van der Waals surface area contributed by atoms with Crippen molar-refractivity contribution in [2.75, 3.05) is 13.1 Å². The molecular weight excluding hydrogens is 410 g/mol. The highest BCUT2D eigenvalue weighted by molar-refractivity contribution is 5.97. The van der Waals surface area contributed by atoms with Gasteiger partial charge in [-0.05, 0) is 18.2 Å². The number of carbonyl (C=O) groups is 1. The number of aromatic amines is 1. The highest BCUT2D eigenvalue weighted by atomic mass is 19.3. The van der Waals surface area contributed by atoms with Gasteiger partial charge in [-0.15, -0.1) is 0 Å². The summed E-state index contributed by atoms with van der Waals surface area (Å²) in [6.45, 7) is 0.0426. The summed E-state index contributed by atoms with van der Waals surface area (Å²) < 4.78 is 33.0. The number of alkyl halides is 2. The molecule has 0 aliphatic carbocycles. The van der Waals surface area contributed by atoms with Crippen molar-refractivity contribution in [1.82, 2.24) is 29.6 Å². The van der Waals surface area contributed by atoms with E-state index >= 15 is 0 Å². The molecular formula is C20H16F2N6O3. The fraction of sp³-hybridized carbons (Fsp3) is 0.250. The predicted octanol–water partition coefficient (Wildman–Crippen LogP) is 2.64. The number of nitrogens with zero attached hydrogens (tertiary/aromatic N) is 5. The minimum Gasteiger partial charge on any atom is -0.338 e. The van der Waals surface area contributed by atoms with Crippen molar-refractivity contribution in [3.63, 3.8) is 0 Å². The number of pyridine rings is 2. The standard InChI is InChI=1S/C20H16F2N6O3/c21-20(22)2-5-27(6-3-20)18(29)14-7-12-1-4-28(17(12)24-10-14)15-8-13(9-23-11-15)16-25-19(30)31-26-16/h1,4,7-11H,2-3,5-6H2,(H,25,26,30). The lowest BCUT2D eigenvalue weighted by atomic mass is 10.1. The van der Waals surface area contributed by atoms with Gasteiger partial charge in [0.15, 0.2) is 5.82 Å². The highest BCUT2D eigenvalue weighted by Crippen LogP contribution is 2.29. The van der Waals surface area contributed by atoms with E-state index in [9.17, 15) is 18.4 Å². The first kappa shape index (κ1) is 19.1. The Labute approximate surface area is 173 Å². The number of hydrogen-bond acceptors (Lipinski definition) is 6. The Kier molecular flexibility index (Phi) is 4.38. The number of likely N-dealkylation sites (tertiary alicyclic amines) is 1. The predicted molar refractivity (Wildman–Crippen MR) is 105 cm³/mol. The molecule has 5 rings (SSSR count). The number of halogens is 2. The lowest BCUT2D eigenvalue weighted by Gasteiger charge is -2.31. The van der Waals surface area contributed by atoms with Crippen LogP contribution < -0.4 is 5.76 Å². The zero-order chi connectivity index (χ0) is 21.6. The maximum Gasteiger partial charge on any atom is 0.439 e. The van der Waals surface area contributed by atoms with Gasteiger partial charge in [-0.1, -0.05) is 5.16 Å². The first-order valence-corrected chi connectivity index (χ1v) is 9.56. The fourth-order valence-corrected chi connectivity index (χ4v) is 3.61. The van der Waals surface area contributed by atoms with Gasteiger partial charge in [0.2, 0.25) is 0 Å². The van der Waals surface area contributed by atoms with Crippen LogP contribution in [0.4, 0.5) is 8.78 Å². The third-order valence-electron chi connectivity index (χ3n) is 5.27. The molecule has 31 heavy (non-hydrogen) atoms. The fourth-order valence-electron chi connectivity index (χ4n) is 3.61. The van der Waals surface area contributed by atoms with Gasteiger partial charge < -0.3 is 4.90 Å². The van der Waals surface area contributed by atoms with E-state index in [1.807, 2.05) is 0 Å². The second-order valence-electron chi connectivity index (χ2n) is 7.35. The Morgan fingerprint density at radius 3 is 2.71 bits per heavy atom. The van der Waals surface area contributed by atoms with E-state index in [0.29, 0.717) is 27.8 Å². The molecule has 1 saturated heterocycles. The van der Waals surface area contributed by atoms with E-state index in [1.165, 1.54) is 17.3 Å². The van der Waals surface area contributed by atoms with Crippen LogP contribution in [0.2, 0.25) is 0 Å². The molecule has 11 heteroatoms. The van der Waals surface area contributed by atoms with E-state index < -0.39 is 11.7 Å². The van der Waals surface area contributed by atoms with Crippen molar-refractivity contribution in [2.24, 2.45) is 0 Å². The number of nitrogens with one attached hydrogen (secondary N) is 1. The molecule has 0 atom stereocenters. The minimum atomic E-state index is -2.71. The second kappa shape index (κ2) is 7.11. The Balaban J connectivity index is 1.44. The molecule has 0 unspecified atom stereocenters. The summed E-state index contributed by atoms with van der Waals surface area (Å²) in [5.41, 5.74) is 2.16. The zero-order valence-corrected chi connectivity index (χ0v) is 16.1. The molecule has 0 bridgehead atoms. The number of aromatic nitrogens is 5. The lowest BCUT2D eigenvalue weighted by Crippen LogP contribution is -2.42. The third kappa shape index (κ3) is 3.58. The van der Waals surface area contributed by atoms with Crippen molar-refractivity contribution in [1.29, 1.82) is 0 Å². The van der Waals surface area contributed by atoms with Crippen LogP contribution in [0.1, 0.15) is 23.2 Å². The molecule has 1 N–H and O–H groups in total. The summed E-state index contributed by atoms with van der Waals surface area (Å²) in [4.78, 5) is 36.4. The highest BCUT2D eigenvalue weighted by Gasteiger charge is 2.35. The summed E-state index contributed by atoms with van der Waals surface area (Å²) >= 11 is 0. The van der Waals surface area contributed by atoms with Crippen molar-refractivity contribution in [3.8, 4) is 17.1 Å². The van der Waals surface area contributed by atoms with Crippen molar-refractivity contribution in [2.45, 2.75) is 18.8 Å². The number of piperidine rings is 1. The maximum absolute atomic E-state index is 13.4. The van der Waals surface area contributed by atoms with E-state index in [-0.39, 0.29) is 37.7 Å². The number of fused-ring (bicyclic) bond motifs is 1. The van der Waals surface area contributed by atoms with Crippen LogP contribution in [-0.2, 0) is 0 Å². The van der Waals surface area contributed by atoms with Gasteiger partial charge in [-0.3, -0.25) is 23.9 Å². The van der Waals surface area contributed by atoms with Crippen LogP contribution in [0.3, 0.4) is 0 Å². The second-order valence-corrected chi connectivity index (χ2v) is 7.35. The summed E-state index contributed by atoms with van der Waals surface area (Å²) in [5, 5.41) is 4.37. The molecule has 0 spiro atoms. The largest absolute Gasteiger partial charge is 0.439 e. The molecule has 1 amide bonds. The van der Waals surface area contributed by atoms with Gasteiger partial charge in [0.1, 0.15) is 5.65 Å². The third-order valence-corrected chi connectivity index (χ3v) is 5.27. The van der Waals surface area contributed by atoms with Gasteiger partial charge in [-0.2, -0.15) is 0 Å². The van der Waals surface area contributed by atoms with E-state index in [0.717, 1.165) is 0 Å². The van der Waals surface area contributed by atoms with Crippen LogP contribution in [0.15, 0.2) is 52.3 Å². The molecule has 4 aromatic rings. The van der Waals surface area contributed by atoms with Crippen molar-refractivity contribution in [3.05, 3.63) is 59.1 Å². The number of H-pyrrole nitrogens is 1. The number of rotatable bonds is 3. The number of amides is 1. The van der Waals surface area contributed by atoms with Gasteiger partial charge in [0, 0.05) is 55.5 Å². The van der Waals surface area contributed by atoms with Crippen LogP contribution in [-0.4, -0.2) is 54.5 Å². The molecule has 0 radical (unpaired) electrons. The molecule has 1 fully saturated rings. The Hall–Kier alpha value is -3.89. The first-order chi connectivity index (χ1) is 14.9. The van der Waals surface area contributed by atoms with Gasteiger partial charge >= 0.3 is 5.76 Å². The van der Waals surface area contributed by atoms with Gasteiger partial charge in [0.05, 0.1) is 17.4 Å². The Morgan fingerprint density at radius 1 is 1.16 bits per heavy atom. The summed E-state index contributed by atoms with van der Waals surface area (Å²) in [5.74, 6) is -3.43. The molecule has 158 valence electrons. The summed E-state index contributed by atoms with van der Waals surface area (Å²) in [6, 6.07) is 5.25. The Bertz CT molecular complexity index is 1330. The molecule has 1 aliphatic heterocycles. The molecule has 5 heterocycles. The van der Waals surface area contributed by atoms with Gasteiger partial charge in [-0.25, -0.2) is 18.6 Å². The van der Waals surface area contributed by atoms with E-state index in [2.05, 4.69) is 24.6 Å². The Morgan fingerprint density at radius 2 is 1.97 bits per heavy atom. The SMILES string of the molecule is O=C(c1cnc2c(ccn2-c2cncc(-c3noc(=O)[nH]3)c2)c1)N1CCC(F)(F)CC1. The number of hydrogen-bond donors (Lipinski definition) is 1. The quantitative estimate of drug-likeness (QED) is 0.539. The minimum absolute atomic E-state index is 0.0213. The van der Waals surface area contributed by atoms with Crippen LogP contribution >= 0.6 is 0 Å². The molecule has 9 nitrogen and oxygen atoms in total. The monoisotopic (exact) mass is 426 g/mol. The molecule has 1 aliphatic rings. The number of carbonyl (C=O) groups excluding carboxylic acids is 1. The average molecular weight is 426 g/mol. The molecule has 4 aromatic heterocycles.